The van der Waals surface area contributed by atoms with Crippen molar-refractivity contribution in [2.45, 2.75) is 39.0 Å². The van der Waals surface area contributed by atoms with Gasteiger partial charge in [-0.2, -0.15) is 0 Å². The van der Waals surface area contributed by atoms with E-state index in [0.717, 1.165) is 5.76 Å². The monoisotopic (exact) mass is 303 g/mol. The Hall–Kier alpha value is -2.24. The second kappa shape index (κ2) is 6.25. The van der Waals surface area contributed by atoms with Gasteiger partial charge in [-0.25, -0.2) is 0 Å². The number of rotatable bonds is 4. The van der Waals surface area contributed by atoms with E-state index < -0.39 is 0 Å². The highest BCUT2D eigenvalue weighted by molar-refractivity contribution is 6.03. The molecule has 1 amide bonds. The summed E-state index contributed by atoms with van der Waals surface area (Å²) in [6, 6.07) is 3.56. The molecule has 1 aliphatic carbocycles. The first-order valence-corrected chi connectivity index (χ1v) is 7.75. The standard InChI is InChI=1S/C16H21N3O3/c1-10-7-8-12(21-10)14-13(15(17)22-19-14)16(20)18-9-11-5-3-2-4-6-11/h7-8,11H,2-6,9,17H2,1H3,(H,18,20). The van der Waals surface area contributed by atoms with Gasteiger partial charge in [0, 0.05) is 6.54 Å². The summed E-state index contributed by atoms with van der Waals surface area (Å²) in [5.41, 5.74) is 6.37. The summed E-state index contributed by atoms with van der Waals surface area (Å²) in [7, 11) is 0. The van der Waals surface area contributed by atoms with Crippen molar-refractivity contribution in [3.05, 3.63) is 23.5 Å². The molecule has 3 N–H and O–H groups in total. The van der Waals surface area contributed by atoms with Crippen molar-refractivity contribution >= 4 is 11.8 Å². The molecule has 1 saturated carbocycles. The third kappa shape index (κ3) is 3.00. The van der Waals surface area contributed by atoms with Gasteiger partial charge in [0.15, 0.2) is 11.5 Å². The Morgan fingerprint density at radius 1 is 1.36 bits per heavy atom. The van der Waals surface area contributed by atoms with Gasteiger partial charge in [0.2, 0.25) is 5.88 Å². The number of nitrogen functional groups attached to an aromatic ring is 1. The number of carbonyl (C=O) groups excluding carboxylic acids is 1. The number of carbonyl (C=O) groups is 1. The Morgan fingerprint density at radius 3 is 2.82 bits per heavy atom. The summed E-state index contributed by atoms with van der Waals surface area (Å²) in [4.78, 5) is 12.4. The van der Waals surface area contributed by atoms with Crippen molar-refractivity contribution in [3.63, 3.8) is 0 Å². The molecule has 0 bridgehead atoms. The maximum atomic E-state index is 12.4. The Morgan fingerprint density at radius 2 is 2.14 bits per heavy atom. The van der Waals surface area contributed by atoms with Crippen LogP contribution >= 0.6 is 0 Å². The van der Waals surface area contributed by atoms with E-state index in [1.165, 1.54) is 32.1 Å². The molecule has 2 aromatic heterocycles. The quantitative estimate of drug-likeness (QED) is 0.904. The molecule has 0 saturated heterocycles. The molecule has 2 heterocycles. The van der Waals surface area contributed by atoms with E-state index in [-0.39, 0.29) is 17.4 Å². The molecule has 2 aromatic rings. The van der Waals surface area contributed by atoms with Crippen LogP contribution in [0.5, 0.6) is 0 Å². The van der Waals surface area contributed by atoms with Crippen LogP contribution in [0.2, 0.25) is 0 Å². The topological polar surface area (TPSA) is 94.3 Å². The number of nitrogens with two attached hydrogens (primary N) is 1. The molecule has 1 fully saturated rings. The zero-order chi connectivity index (χ0) is 15.5. The van der Waals surface area contributed by atoms with Crippen molar-refractivity contribution in [2.75, 3.05) is 12.3 Å². The number of furan rings is 1. The third-order valence-electron chi connectivity index (χ3n) is 4.20. The fourth-order valence-corrected chi connectivity index (χ4v) is 2.97. The first kappa shape index (κ1) is 14.7. The van der Waals surface area contributed by atoms with E-state index >= 15 is 0 Å². The largest absolute Gasteiger partial charge is 0.460 e. The summed E-state index contributed by atoms with van der Waals surface area (Å²) in [6.07, 6.45) is 6.12. The molecule has 0 aromatic carbocycles. The van der Waals surface area contributed by atoms with Gasteiger partial charge in [0.1, 0.15) is 11.3 Å². The van der Waals surface area contributed by atoms with Crippen LogP contribution in [0.4, 0.5) is 5.88 Å². The lowest BCUT2D eigenvalue weighted by Gasteiger charge is -2.21. The number of anilines is 1. The van der Waals surface area contributed by atoms with Gasteiger partial charge in [0.05, 0.1) is 0 Å². The number of nitrogens with zero attached hydrogens (tertiary/aromatic N) is 1. The Labute approximate surface area is 129 Å². The van der Waals surface area contributed by atoms with Gasteiger partial charge >= 0.3 is 0 Å². The highest BCUT2D eigenvalue weighted by Crippen LogP contribution is 2.29. The molecular formula is C16H21N3O3. The minimum absolute atomic E-state index is 0.0187. The van der Waals surface area contributed by atoms with Crippen molar-refractivity contribution in [3.8, 4) is 11.5 Å². The Kier molecular flexibility index (Phi) is 4.18. The summed E-state index contributed by atoms with van der Waals surface area (Å²) in [6.45, 7) is 2.50. The molecule has 22 heavy (non-hydrogen) atoms. The number of aryl methyl sites for hydroxylation is 1. The highest BCUT2D eigenvalue weighted by Gasteiger charge is 2.25. The molecule has 0 spiro atoms. The molecular weight excluding hydrogens is 282 g/mol. The first-order chi connectivity index (χ1) is 10.6. The maximum Gasteiger partial charge on any atom is 0.259 e. The predicted molar refractivity (Wildman–Crippen MR) is 82.3 cm³/mol. The fourth-order valence-electron chi connectivity index (χ4n) is 2.97. The van der Waals surface area contributed by atoms with Crippen molar-refractivity contribution in [1.29, 1.82) is 0 Å². The van der Waals surface area contributed by atoms with Gasteiger partial charge in [-0.3, -0.25) is 4.79 Å². The van der Waals surface area contributed by atoms with E-state index in [4.69, 9.17) is 14.7 Å². The second-order valence-electron chi connectivity index (χ2n) is 5.89. The van der Waals surface area contributed by atoms with E-state index in [0.29, 0.717) is 23.9 Å². The fraction of sp³-hybridized carbons (Fsp3) is 0.500. The number of nitrogens with one attached hydrogen (secondary N) is 1. The van der Waals surface area contributed by atoms with Crippen LogP contribution in [-0.2, 0) is 0 Å². The minimum Gasteiger partial charge on any atom is -0.460 e. The van der Waals surface area contributed by atoms with Crippen LogP contribution in [0.1, 0.15) is 48.2 Å². The third-order valence-corrected chi connectivity index (χ3v) is 4.20. The number of hydrogen-bond donors (Lipinski definition) is 2. The first-order valence-electron chi connectivity index (χ1n) is 7.75. The molecule has 1 aliphatic rings. The molecule has 0 aliphatic heterocycles. The van der Waals surface area contributed by atoms with E-state index in [1.54, 1.807) is 6.07 Å². The molecule has 0 atom stereocenters. The molecule has 3 rings (SSSR count). The van der Waals surface area contributed by atoms with Crippen LogP contribution in [0.25, 0.3) is 11.5 Å². The highest BCUT2D eigenvalue weighted by atomic mass is 16.5. The van der Waals surface area contributed by atoms with E-state index in [9.17, 15) is 4.79 Å². The summed E-state index contributed by atoms with van der Waals surface area (Å²) in [5, 5.41) is 6.81. The Balaban J connectivity index is 1.73. The minimum atomic E-state index is -0.256. The number of aromatic nitrogens is 1. The van der Waals surface area contributed by atoms with Crippen LogP contribution in [-0.4, -0.2) is 17.6 Å². The van der Waals surface area contributed by atoms with Gasteiger partial charge in [-0.05, 0) is 37.8 Å². The summed E-state index contributed by atoms with van der Waals surface area (Å²) >= 11 is 0. The predicted octanol–water partition coefficient (Wildman–Crippen LogP) is 3.14. The smallest absolute Gasteiger partial charge is 0.259 e. The molecule has 118 valence electrons. The lowest BCUT2D eigenvalue weighted by Crippen LogP contribution is -2.30. The second-order valence-corrected chi connectivity index (χ2v) is 5.89. The van der Waals surface area contributed by atoms with Crippen molar-refractivity contribution in [2.24, 2.45) is 5.92 Å². The summed E-state index contributed by atoms with van der Waals surface area (Å²) in [5.74, 6) is 1.54. The number of amides is 1. The molecule has 6 heteroatoms. The lowest BCUT2D eigenvalue weighted by atomic mass is 9.89. The van der Waals surface area contributed by atoms with E-state index in [2.05, 4.69) is 10.5 Å². The van der Waals surface area contributed by atoms with Crippen LogP contribution in [0.15, 0.2) is 21.1 Å². The van der Waals surface area contributed by atoms with Crippen LogP contribution < -0.4 is 11.1 Å². The lowest BCUT2D eigenvalue weighted by molar-refractivity contribution is 0.0944. The van der Waals surface area contributed by atoms with Gasteiger partial charge in [-0.1, -0.05) is 24.4 Å². The van der Waals surface area contributed by atoms with Crippen LogP contribution in [0, 0.1) is 12.8 Å². The summed E-state index contributed by atoms with van der Waals surface area (Å²) < 4.78 is 10.5. The van der Waals surface area contributed by atoms with Crippen molar-refractivity contribution < 1.29 is 13.7 Å². The average molecular weight is 303 g/mol. The normalized spacial score (nSPS) is 15.9. The van der Waals surface area contributed by atoms with Gasteiger partial charge in [0.25, 0.3) is 5.91 Å². The maximum absolute atomic E-state index is 12.4. The van der Waals surface area contributed by atoms with Gasteiger partial charge < -0.3 is 20.0 Å². The average Bonchev–Trinajstić information content (AvgIpc) is 3.12. The molecule has 0 radical (unpaired) electrons. The van der Waals surface area contributed by atoms with Crippen LogP contribution in [0.3, 0.4) is 0 Å². The van der Waals surface area contributed by atoms with Gasteiger partial charge in [-0.15, -0.1) is 0 Å². The van der Waals surface area contributed by atoms with Crippen molar-refractivity contribution in [1.82, 2.24) is 10.5 Å². The molecule has 6 nitrogen and oxygen atoms in total. The number of hydrogen-bond acceptors (Lipinski definition) is 5. The zero-order valence-corrected chi connectivity index (χ0v) is 12.7. The molecule has 0 unspecified atom stereocenters. The SMILES string of the molecule is Cc1ccc(-c2noc(N)c2C(=O)NCC2CCCCC2)o1. The Bertz CT molecular complexity index is 653. The van der Waals surface area contributed by atoms with E-state index in [1.807, 2.05) is 13.0 Å². The zero-order valence-electron chi connectivity index (χ0n) is 12.7.